The van der Waals surface area contributed by atoms with E-state index in [1.165, 1.54) is 28.9 Å². The van der Waals surface area contributed by atoms with Gasteiger partial charge in [-0.1, -0.05) is 30.0 Å². The van der Waals surface area contributed by atoms with E-state index in [4.69, 9.17) is 4.74 Å². The number of thioether (sulfide) groups is 1. The van der Waals surface area contributed by atoms with Crippen molar-refractivity contribution in [2.24, 2.45) is 5.10 Å². The summed E-state index contributed by atoms with van der Waals surface area (Å²) in [6, 6.07) is 17.1. The van der Waals surface area contributed by atoms with Crippen molar-refractivity contribution < 1.29 is 13.9 Å². The standard InChI is InChI=1S/C22H18FN3O2S/c1-14-6-3-4-7-17(14)21(27)26-22(18-8-5-13-24-19(18)28-2)29-20(25-26)15-9-11-16(23)12-10-15/h3-13,22H,1-2H3. The summed E-state index contributed by atoms with van der Waals surface area (Å²) in [5.74, 6) is -0.109. The van der Waals surface area contributed by atoms with E-state index in [1.54, 1.807) is 37.6 Å². The highest BCUT2D eigenvalue weighted by Gasteiger charge is 2.37. The Morgan fingerprint density at radius 1 is 1.10 bits per heavy atom. The molecular formula is C22H18FN3O2S. The third-order valence-electron chi connectivity index (χ3n) is 4.58. The highest BCUT2D eigenvalue weighted by Crippen LogP contribution is 2.44. The number of rotatable bonds is 4. The quantitative estimate of drug-likeness (QED) is 0.624. The van der Waals surface area contributed by atoms with Crippen LogP contribution in [0.5, 0.6) is 5.88 Å². The normalized spacial score (nSPS) is 15.9. The van der Waals surface area contributed by atoms with Gasteiger partial charge in [-0.15, -0.1) is 0 Å². The van der Waals surface area contributed by atoms with Gasteiger partial charge < -0.3 is 4.74 Å². The zero-order valence-electron chi connectivity index (χ0n) is 15.9. The fraction of sp³-hybridized carbons (Fsp3) is 0.136. The highest BCUT2D eigenvalue weighted by atomic mass is 32.2. The second-order valence-corrected chi connectivity index (χ2v) is 7.52. The van der Waals surface area contributed by atoms with Gasteiger partial charge in [0, 0.05) is 22.9 Å². The first-order chi connectivity index (χ1) is 14.1. The lowest BCUT2D eigenvalue weighted by molar-refractivity contribution is 0.0747. The molecule has 0 radical (unpaired) electrons. The smallest absolute Gasteiger partial charge is 0.275 e. The Morgan fingerprint density at radius 3 is 2.59 bits per heavy atom. The van der Waals surface area contributed by atoms with Crippen molar-refractivity contribution in [3.05, 3.63) is 94.9 Å². The first kappa shape index (κ1) is 19.1. The molecule has 0 bridgehead atoms. The van der Waals surface area contributed by atoms with E-state index in [0.717, 1.165) is 16.7 Å². The van der Waals surface area contributed by atoms with Gasteiger partial charge >= 0.3 is 0 Å². The monoisotopic (exact) mass is 407 g/mol. The fourth-order valence-corrected chi connectivity index (χ4v) is 4.26. The number of carbonyl (C=O) groups is 1. The molecule has 4 rings (SSSR count). The first-order valence-electron chi connectivity index (χ1n) is 8.98. The van der Waals surface area contributed by atoms with Crippen LogP contribution in [0.15, 0.2) is 72.0 Å². The molecule has 1 amide bonds. The summed E-state index contributed by atoms with van der Waals surface area (Å²) in [5, 5.41) is 6.22. The fourth-order valence-electron chi connectivity index (χ4n) is 3.09. The molecule has 0 fully saturated rings. The van der Waals surface area contributed by atoms with E-state index in [1.807, 2.05) is 31.2 Å². The average molecular weight is 407 g/mol. The maximum atomic E-state index is 13.4. The number of hydrazone groups is 1. The summed E-state index contributed by atoms with van der Waals surface area (Å²) in [6.45, 7) is 1.89. The van der Waals surface area contributed by atoms with Crippen LogP contribution in [0.1, 0.15) is 32.4 Å². The van der Waals surface area contributed by atoms with E-state index in [-0.39, 0.29) is 11.7 Å². The summed E-state index contributed by atoms with van der Waals surface area (Å²) < 4.78 is 18.8. The molecular weight excluding hydrogens is 389 g/mol. The number of aryl methyl sites for hydroxylation is 1. The second-order valence-electron chi connectivity index (χ2n) is 6.45. The van der Waals surface area contributed by atoms with Gasteiger partial charge in [-0.25, -0.2) is 14.4 Å². The molecule has 0 N–H and O–H groups in total. The molecule has 1 aliphatic heterocycles. The Labute approximate surface area is 172 Å². The predicted molar refractivity (Wildman–Crippen MR) is 111 cm³/mol. The van der Waals surface area contributed by atoms with Crippen LogP contribution in [0.2, 0.25) is 0 Å². The average Bonchev–Trinajstić information content (AvgIpc) is 3.19. The zero-order chi connectivity index (χ0) is 20.4. The van der Waals surface area contributed by atoms with Gasteiger partial charge in [-0.05, 0) is 55.0 Å². The third-order valence-corrected chi connectivity index (χ3v) is 5.80. The molecule has 1 aliphatic rings. The third kappa shape index (κ3) is 3.73. The van der Waals surface area contributed by atoms with Gasteiger partial charge in [0.15, 0.2) is 0 Å². The van der Waals surface area contributed by atoms with E-state index >= 15 is 0 Å². The van der Waals surface area contributed by atoms with Gasteiger partial charge in [0.1, 0.15) is 16.2 Å². The molecule has 146 valence electrons. The van der Waals surface area contributed by atoms with Gasteiger partial charge in [0.2, 0.25) is 5.88 Å². The Morgan fingerprint density at radius 2 is 1.86 bits per heavy atom. The van der Waals surface area contributed by atoms with Gasteiger partial charge in [0.25, 0.3) is 5.91 Å². The molecule has 29 heavy (non-hydrogen) atoms. The number of carbonyl (C=O) groups excluding carboxylic acids is 1. The van der Waals surface area contributed by atoms with Gasteiger partial charge in [0.05, 0.1) is 7.11 Å². The number of amides is 1. The molecule has 0 saturated carbocycles. The van der Waals surface area contributed by atoms with E-state index in [2.05, 4.69) is 10.1 Å². The molecule has 0 spiro atoms. The Balaban J connectivity index is 1.78. The number of nitrogens with zero attached hydrogens (tertiary/aromatic N) is 3. The highest BCUT2D eigenvalue weighted by molar-refractivity contribution is 8.14. The Kier molecular flexibility index (Phi) is 5.31. The largest absolute Gasteiger partial charge is 0.481 e. The lowest BCUT2D eigenvalue weighted by Gasteiger charge is -2.22. The SMILES string of the molecule is COc1ncccc1C1SC(c2ccc(F)cc2)=NN1C(=O)c1ccccc1C. The lowest BCUT2D eigenvalue weighted by atomic mass is 10.1. The Bertz CT molecular complexity index is 1090. The summed E-state index contributed by atoms with van der Waals surface area (Å²) in [7, 11) is 1.54. The predicted octanol–water partition coefficient (Wildman–Crippen LogP) is 4.79. The van der Waals surface area contributed by atoms with Crippen LogP contribution < -0.4 is 4.74 Å². The summed E-state index contributed by atoms with van der Waals surface area (Å²) >= 11 is 1.40. The molecule has 1 unspecified atom stereocenters. The number of aromatic nitrogens is 1. The van der Waals surface area contributed by atoms with Crippen LogP contribution in [0.4, 0.5) is 4.39 Å². The minimum atomic E-state index is -0.453. The molecule has 0 saturated heterocycles. The van der Waals surface area contributed by atoms with E-state index in [0.29, 0.717) is 16.5 Å². The van der Waals surface area contributed by atoms with E-state index in [9.17, 15) is 9.18 Å². The van der Waals surface area contributed by atoms with Crippen molar-refractivity contribution >= 4 is 22.7 Å². The number of pyridine rings is 1. The number of hydrogen-bond donors (Lipinski definition) is 0. The lowest BCUT2D eigenvalue weighted by Crippen LogP contribution is -2.27. The van der Waals surface area contributed by atoms with Crippen LogP contribution in [-0.4, -0.2) is 28.1 Å². The number of methoxy groups -OCH3 is 1. The molecule has 0 aliphatic carbocycles. The molecule has 1 aromatic heterocycles. The molecule has 2 aromatic carbocycles. The molecule has 5 nitrogen and oxygen atoms in total. The molecule has 2 heterocycles. The van der Waals surface area contributed by atoms with Crippen molar-refractivity contribution in [3.63, 3.8) is 0 Å². The number of hydrogen-bond acceptors (Lipinski definition) is 5. The van der Waals surface area contributed by atoms with Crippen LogP contribution in [0, 0.1) is 12.7 Å². The number of halogens is 1. The van der Waals surface area contributed by atoms with E-state index < -0.39 is 5.37 Å². The number of ether oxygens (including phenoxy) is 1. The molecule has 3 aromatic rings. The van der Waals surface area contributed by atoms with Crippen molar-refractivity contribution in [3.8, 4) is 5.88 Å². The van der Waals surface area contributed by atoms with Crippen LogP contribution >= 0.6 is 11.8 Å². The van der Waals surface area contributed by atoms with Crippen molar-refractivity contribution in [2.75, 3.05) is 7.11 Å². The summed E-state index contributed by atoms with van der Waals surface area (Å²) in [6.07, 6.45) is 1.64. The van der Waals surface area contributed by atoms with Gasteiger partial charge in [-0.2, -0.15) is 5.10 Å². The topological polar surface area (TPSA) is 54.8 Å². The van der Waals surface area contributed by atoms with Crippen molar-refractivity contribution in [1.82, 2.24) is 9.99 Å². The summed E-state index contributed by atoms with van der Waals surface area (Å²) in [4.78, 5) is 17.6. The van der Waals surface area contributed by atoms with Crippen LogP contribution in [-0.2, 0) is 0 Å². The molecule has 7 heteroatoms. The maximum Gasteiger partial charge on any atom is 0.275 e. The van der Waals surface area contributed by atoms with Crippen molar-refractivity contribution in [2.45, 2.75) is 12.3 Å². The second kappa shape index (κ2) is 8.05. The van der Waals surface area contributed by atoms with Crippen LogP contribution in [0.25, 0.3) is 0 Å². The maximum absolute atomic E-state index is 13.4. The van der Waals surface area contributed by atoms with Crippen LogP contribution in [0.3, 0.4) is 0 Å². The Hall–Kier alpha value is -3.19. The summed E-state index contributed by atoms with van der Waals surface area (Å²) in [5.41, 5.74) is 2.92. The first-order valence-corrected chi connectivity index (χ1v) is 9.85. The molecule has 1 atom stereocenters. The minimum Gasteiger partial charge on any atom is -0.481 e. The number of benzene rings is 2. The van der Waals surface area contributed by atoms with Gasteiger partial charge in [-0.3, -0.25) is 4.79 Å². The minimum absolute atomic E-state index is 0.219. The zero-order valence-corrected chi connectivity index (χ0v) is 16.7. The van der Waals surface area contributed by atoms with Crippen molar-refractivity contribution in [1.29, 1.82) is 0 Å².